The molecule has 1 atom stereocenters. The molecule has 1 aromatic carbocycles. The van der Waals surface area contributed by atoms with Crippen LogP contribution in [0.5, 0.6) is 5.75 Å². The zero-order chi connectivity index (χ0) is 13.4. The minimum atomic E-state index is -0.327. The van der Waals surface area contributed by atoms with Gasteiger partial charge in [-0.05, 0) is 12.5 Å². The van der Waals surface area contributed by atoms with Gasteiger partial charge in [0.15, 0.2) is 0 Å². The van der Waals surface area contributed by atoms with Gasteiger partial charge in [-0.15, -0.1) is 13.0 Å². The van der Waals surface area contributed by atoms with Crippen molar-refractivity contribution in [1.82, 2.24) is 0 Å². The molecule has 0 N–H and O–H groups in total. The lowest BCUT2D eigenvalue weighted by molar-refractivity contribution is -0.483. The third kappa shape index (κ3) is 3.95. The molecule has 0 spiro atoms. The molecule has 0 saturated heterocycles. The summed E-state index contributed by atoms with van der Waals surface area (Å²) in [5, 5.41) is 10.7. The Morgan fingerprint density at radius 1 is 1.56 bits per heavy atom. The first-order chi connectivity index (χ1) is 8.69. The molecule has 1 rings (SSSR count). The Hall–Kier alpha value is -2.28. The smallest absolute Gasteiger partial charge is 0.211 e. The van der Waals surface area contributed by atoms with Gasteiger partial charge in [0.2, 0.25) is 6.54 Å². The number of rotatable bonds is 7. The van der Waals surface area contributed by atoms with E-state index in [-0.39, 0.29) is 24.0 Å². The standard InChI is InChI=1S/C14H15NO3/c1-3-7-12(11-15(16)17)13-8-5-6-9-14(13)18-10-4-2/h2-3,5-6,8-9,12H,1,7,10-11H2. The molecule has 1 unspecified atom stereocenters. The Bertz CT molecular complexity index is 462. The largest absolute Gasteiger partial charge is 0.481 e. The highest BCUT2D eigenvalue weighted by Crippen LogP contribution is 2.29. The lowest BCUT2D eigenvalue weighted by atomic mass is 9.95. The van der Waals surface area contributed by atoms with Crippen molar-refractivity contribution in [2.75, 3.05) is 13.2 Å². The van der Waals surface area contributed by atoms with E-state index in [0.717, 1.165) is 5.56 Å². The second kappa shape index (κ2) is 7.13. The molecular weight excluding hydrogens is 230 g/mol. The van der Waals surface area contributed by atoms with Crippen molar-refractivity contribution in [3.05, 3.63) is 52.6 Å². The first kappa shape index (κ1) is 13.8. The van der Waals surface area contributed by atoms with Gasteiger partial charge in [-0.2, -0.15) is 0 Å². The number of allylic oxidation sites excluding steroid dienone is 1. The molecule has 0 aromatic heterocycles. The molecule has 0 fully saturated rings. The van der Waals surface area contributed by atoms with E-state index < -0.39 is 0 Å². The van der Waals surface area contributed by atoms with E-state index in [0.29, 0.717) is 12.2 Å². The molecule has 4 heteroatoms. The SMILES string of the molecule is C#CCOc1ccccc1C(CC=C)C[N+](=O)[O-]. The van der Waals surface area contributed by atoms with E-state index in [1.54, 1.807) is 12.1 Å². The normalized spacial score (nSPS) is 11.3. The number of para-hydroxylation sites is 1. The summed E-state index contributed by atoms with van der Waals surface area (Å²) in [7, 11) is 0. The fourth-order valence-electron chi connectivity index (χ4n) is 1.75. The molecule has 0 bridgehead atoms. The Morgan fingerprint density at radius 3 is 2.89 bits per heavy atom. The molecule has 0 saturated carbocycles. The predicted molar refractivity (Wildman–Crippen MR) is 70.2 cm³/mol. The summed E-state index contributed by atoms with van der Waals surface area (Å²) in [4.78, 5) is 10.4. The van der Waals surface area contributed by atoms with E-state index in [1.165, 1.54) is 0 Å². The highest BCUT2D eigenvalue weighted by molar-refractivity contribution is 5.37. The van der Waals surface area contributed by atoms with Crippen LogP contribution < -0.4 is 4.74 Å². The van der Waals surface area contributed by atoms with E-state index >= 15 is 0 Å². The van der Waals surface area contributed by atoms with Crippen LogP contribution >= 0.6 is 0 Å². The van der Waals surface area contributed by atoms with Crippen molar-refractivity contribution in [1.29, 1.82) is 0 Å². The molecule has 0 radical (unpaired) electrons. The number of ether oxygens (including phenoxy) is 1. The minimum absolute atomic E-state index is 0.149. The first-order valence-corrected chi connectivity index (χ1v) is 5.57. The number of hydrogen-bond acceptors (Lipinski definition) is 3. The van der Waals surface area contributed by atoms with Gasteiger partial charge in [-0.3, -0.25) is 10.1 Å². The molecule has 4 nitrogen and oxygen atoms in total. The van der Waals surface area contributed by atoms with Gasteiger partial charge in [0, 0.05) is 10.5 Å². The maximum atomic E-state index is 10.7. The quantitative estimate of drug-likeness (QED) is 0.321. The van der Waals surface area contributed by atoms with Crippen LogP contribution in [0.2, 0.25) is 0 Å². The fraction of sp³-hybridized carbons (Fsp3) is 0.286. The average molecular weight is 245 g/mol. The van der Waals surface area contributed by atoms with Crippen LogP contribution in [0, 0.1) is 22.5 Å². The number of hydrogen-bond donors (Lipinski definition) is 0. The van der Waals surface area contributed by atoms with Crippen molar-refractivity contribution in [3.8, 4) is 18.1 Å². The van der Waals surface area contributed by atoms with Gasteiger partial charge in [0.1, 0.15) is 12.4 Å². The van der Waals surface area contributed by atoms with Crippen molar-refractivity contribution in [3.63, 3.8) is 0 Å². The fourth-order valence-corrected chi connectivity index (χ4v) is 1.75. The lowest BCUT2D eigenvalue weighted by Crippen LogP contribution is -2.13. The third-order valence-electron chi connectivity index (χ3n) is 2.49. The number of terminal acetylenes is 1. The molecular formula is C14H15NO3. The van der Waals surface area contributed by atoms with E-state index in [9.17, 15) is 10.1 Å². The van der Waals surface area contributed by atoms with Crippen LogP contribution in [0.25, 0.3) is 0 Å². The van der Waals surface area contributed by atoms with E-state index in [4.69, 9.17) is 11.2 Å². The molecule has 0 aliphatic carbocycles. The number of nitro groups is 1. The Kier molecular flexibility index (Phi) is 5.46. The summed E-state index contributed by atoms with van der Waals surface area (Å²) in [6.07, 6.45) is 7.34. The van der Waals surface area contributed by atoms with Crippen molar-refractivity contribution < 1.29 is 9.66 Å². The van der Waals surface area contributed by atoms with Crippen LogP contribution in [0.1, 0.15) is 17.9 Å². The highest BCUT2D eigenvalue weighted by atomic mass is 16.6. The molecule has 0 aliphatic rings. The molecule has 18 heavy (non-hydrogen) atoms. The van der Waals surface area contributed by atoms with Crippen LogP contribution in [0.4, 0.5) is 0 Å². The summed E-state index contributed by atoms with van der Waals surface area (Å²) < 4.78 is 5.40. The summed E-state index contributed by atoms with van der Waals surface area (Å²) >= 11 is 0. The molecule has 0 aliphatic heterocycles. The molecule has 0 heterocycles. The maximum absolute atomic E-state index is 10.7. The van der Waals surface area contributed by atoms with E-state index in [1.807, 2.05) is 18.2 Å². The maximum Gasteiger partial charge on any atom is 0.211 e. The topological polar surface area (TPSA) is 52.4 Å². The van der Waals surface area contributed by atoms with Gasteiger partial charge < -0.3 is 4.74 Å². The predicted octanol–water partition coefficient (Wildman–Crippen LogP) is 2.64. The van der Waals surface area contributed by atoms with Gasteiger partial charge in [0.05, 0.1) is 5.92 Å². The average Bonchev–Trinajstić information content (AvgIpc) is 2.36. The summed E-state index contributed by atoms with van der Waals surface area (Å²) in [6.45, 7) is 3.63. The van der Waals surface area contributed by atoms with Crippen LogP contribution in [0.3, 0.4) is 0 Å². The first-order valence-electron chi connectivity index (χ1n) is 5.57. The molecule has 1 aromatic rings. The van der Waals surface area contributed by atoms with Crippen LogP contribution in [-0.4, -0.2) is 18.1 Å². The van der Waals surface area contributed by atoms with E-state index in [2.05, 4.69) is 12.5 Å². The van der Waals surface area contributed by atoms with Crippen molar-refractivity contribution in [2.45, 2.75) is 12.3 Å². The third-order valence-corrected chi connectivity index (χ3v) is 2.49. The van der Waals surface area contributed by atoms with Crippen LogP contribution in [0.15, 0.2) is 36.9 Å². The van der Waals surface area contributed by atoms with Crippen molar-refractivity contribution in [2.24, 2.45) is 0 Å². The van der Waals surface area contributed by atoms with Gasteiger partial charge in [-0.25, -0.2) is 0 Å². The summed E-state index contributed by atoms with van der Waals surface area (Å²) in [6, 6.07) is 7.23. The number of benzene rings is 1. The van der Waals surface area contributed by atoms with Gasteiger partial charge >= 0.3 is 0 Å². The van der Waals surface area contributed by atoms with Crippen LogP contribution in [-0.2, 0) is 0 Å². The zero-order valence-electron chi connectivity index (χ0n) is 10.0. The highest BCUT2D eigenvalue weighted by Gasteiger charge is 2.20. The Labute approximate surface area is 106 Å². The Balaban J connectivity index is 2.98. The zero-order valence-corrected chi connectivity index (χ0v) is 10.0. The van der Waals surface area contributed by atoms with Gasteiger partial charge in [0.25, 0.3) is 0 Å². The molecule has 0 amide bonds. The second-order valence-electron chi connectivity index (χ2n) is 3.77. The monoisotopic (exact) mass is 245 g/mol. The summed E-state index contributed by atoms with van der Waals surface area (Å²) in [5.41, 5.74) is 0.796. The second-order valence-corrected chi connectivity index (χ2v) is 3.77. The summed E-state index contributed by atoms with van der Waals surface area (Å²) in [5.74, 6) is 2.74. The molecule has 94 valence electrons. The van der Waals surface area contributed by atoms with Gasteiger partial charge in [-0.1, -0.05) is 30.2 Å². The lowest BCUT2D eigenvalue weighted by Gasteiger charge is -2.15. The Morgan fingerprint density at radius 2 is 2.28 bits per heavy atom. The van der Waals surface area contributed by atoms with Crippen molar-refractivity contribution >= 4 is 0 Å². The number of nitrogens with zero attached hydrogens (tertiary/aromatic N) is 1. The minimum Gasteiger partial charge on any atom is -0.481 e.